The summed E-state index contributed by atoms with van der Waals surface area (Å²) in [6, 6.07) is 4.79. The van der Waals surface area contributed by atoms with E-state index < -0.39 is 0 Å². The van der Waals surface area contributed by atoms with Crippen molar-refractivity contribution >= 4 is 29.0 Å². The SMILES string of the molecule is CCOC=O.Fc1cc2cc[nH]c2cc1Cl. The van der Waals surface area contributed by atoms with Gasteiger partial charge in [0.2, 0.25) is 0 Å². The first kappa shape index (κ1) is 12.5. The zero-order chi connectivity index (χ0) is 12.0. The van der Waals surface area contributed by atoms with Crippen LogP contribution < -0.4 is 0 Å². The van der Waals surface area contributed by atoms with Gasteiger partial charge in [-0.3, -0.25) is 4.79 Å². The molecular weight excluding hydrogens is 233 g/mol. The van der Waals surface area contributed by atoms with Crippen LogP contribution in [0.25, 0.3) is 10.9 Å². The van der Waals surface area contributed by atoms with Gasteiger partial charge in [-0.15, -0.1) is 0 Å². The van der Waals surface area contributed by atoms with Crippen LogP contribution in [0.2, 0.25) is 5.02 Å². The largest absolute Gasteiger partial charge is 0.468 e. The Bertz CT molecular complexity index is 434. The number of H-pyrrole nitrogens is 1. The quantitative estimate of drug-likeness (QED) is 0.824. The fourth-order valence-electron chi connectivity index (χ4n) is 1.11. The average molecular weight is 244 g/mol. The normalized spacial score (nSPS) is 9.44. The lowest BCUT2D eigenvalue weighted by atomic mass is 10.2. The maximum absolute atomic E-state index is 12.8. The highest BCUT2D eigenvalue weighted by molar-refractivity contribution is 6.31. The van der Waals surface area contributed by atoms with Crippen molar-refractivity contribution < 1.29 is 13.9 Å². The fourth-order valence-corrected chi connectivity index (χ4v) is 1.28. The third kappa shape index (κ3) is 3.24. The summed E-state index contributed by atoms with van der Waals surface area (Å²) in [6.07, 6.45) is 1.75. The zero-order valence-electron chi connectivity index (χ0n) is 8.67. The Hall–Kier alpha value is -1.55. The summed E-state index contributed by atoms with van der Waals surface area (Å²) in [7, 11) is 0. The van der Waals surface area contributed by atoms with Gasteiger partial charge in [0, 0.05) is 17.1 Å². The summed E-state index contributed by atoms with van der Waals surface area (Å²) in [6.45, 7) is 2.66. The Morgan fingerprint density at radius 1 is 1.56 bits per heavy atom. The van der Waals surface area contributed by atoms with E-state index in [9.17, 15) is 9.18 Å². The minimum absolute atomic E-state index is 0.153. The number of nitrogens with one attached hydrogen (secondary N) is 1. The van der Waals surface area contributed by atoms with E-state index in [4.69, 9.17) is 11.6 Å². The molecule has 0 aliphatic rings. The second-order valence-corrected chi connectivity index (χ2v) is 3.29. The molecular formula is C11H11ClFNO2. The van der Waals surface area contributed by atoms with Crippen molar-refractivity contribution in [3.8, 4) is 0 Å². The van der Waals surface area contributed by atoms with Crippen molar-refractivity contribution in [2.24, 2.45) is 0 Å². The van der Waals surface area contributed by atoms with E-state index in [1.807, 2.05) is 0 Å². The number of ether oxygens (including phenoxy) is 1. The van der Waals surface area contributed by atoms with Crippen LogP contribution in [-0.4, -0.2) is 18.1 Å². The number of hydrogen-bond donors (Lipinski definition) is 1. The van der Waals surface area contributed by atoms with Crippen LogP contribution in [-0.2, 0) is 9.53 Å². The molecule has 0 aliphatic heterocycles. The number of hydrogen-bond acceptors (Lipinski definition) is 2. The molecule has 0 bridgehead atoms. The molecule has 3 nitrogen and oxygen atoms in total. The lowest BCUT2D eigenvalue weighted by molar-refractivity contribution is -0.128. The molecule has 1 aromatic heterocycles. The molecule has 0 aliphatic carbocycles. The minimum atomic E-state index is -0.376. The average Bonchev–Trinajstić information content (AvgIpc) is 2.68. The molecule has 1 aromatic carbocycles. The van der Waals surface area contributed by atoms with Gasteiger partial charge in [0.05, 0.1) is 11.6 Å². The Morgan fingerprint density at radius 2 is 2.31 bits per heavy atom. The van der Waals surface area contributed by atoms with Crippen molar-refractivity contribution in [1.29, 1.82) is 0 Å². The van der Waals surface area contributed by atoms with Crippen molar-refractivity contribution in [1.82, 2.24) is 4.98 Å². The summed E-state index contributed by atoms with van der Waals surface area (Å²) in [5.41, 5.74) is 0.858. The molecule has 1 heterocycles. The number of aromatic amines is 1. The summed E-state index contributed by atoms with van der Waals surface area (Å²) < 4.78 is 16.9. The highest BCUT2D eigenvalue weighted by atomic mass is 35.5. The Kier molecular flexibility index (Phi) is 4.79. The van der Waals surface area contributed by atoms with Gasteiger partial charge in [-0.25, -0.2) is 4.39 Å². The third-order valence-electron chi connectivity index (χ3n) is 1.83. The maximum Gasteiger partial charge on any atom is 0.293 e. The number of carbonyl (C=O) groups is 1. The van der Waals surface area contributed by atoms with Gasteiger partial charge in [0.15, 0.2) is 0 Å². The van der Waals surface area contributed by atoms with E-state index in [0.717, 1.165) is 10.9 Å². The van der Waals surface area contributed by atoms with Gasteiger partial charge < -0.3 is 9.72 Å². The summed E-state index contributed by atoms with van der Waals surface area (Å²) >= 11 is 5.55. The molecule has 0 atom stereocenters. The van der Waals surface area contributed by atoms with Crippen LogP contribution in [0.15, 0.2) is 24.4 Å². The second kappa shape index (κ2) is 6.12. The zero-order valence-corrected chi connectivity index (χ0v) is 9.42. The predicted molar refractivity (Wildman–Crippen MR) is 61.0 cm³/mol. The predicted octanol–water partition coefficient (Wildman–Crippen LogP) is 3.14. The van der Waals surface area contributed by atoms with Crippen molar-refractivity contribution in [3.05, 3.63) is 35.2 Å². The van der Waals surface area contributed by atoms with Crippen molar-refractivity contribution in [2.75, 3.05) is 6.61 Å². The maximum atomic E-state index is 12.8. The molecule has 5 heteroatoms. The minimum Gasteiger partial charge on any atom is -0.468 e. The molecule has 16 heavy (non-hydrogen) atoms. The summed E-state index contributed by atoms with van der Waals surface area (Å²) in [5.74, 6) is -0.376. The highest BCUT2D eigenvalue weighted by Crippen LogP contribution is 2.21. The molecule has 0 saturated carbocycles. The molecule has 0 unspecified atom stereocenters. The number of aromatic nitrogens is 1. The van der Waals surface area contributed by atoms with Gasteiger partial charge in [-0.1, -0.05) is 11.6 Å². The van der Waals surface area contributed by atoms with E-state index in [1.54, 1.807) is 25.3 Å². The Labute approximate surface area is 97.2 Å². The van der Waals surface area contributed by atoms with E-state index >= 15 is 0 Å². The van der Waals surface area contributed by atoms with Gasteiger partial charge in [0.25, 0.3) is 6.47 Å². The summed E-state index contributed by atoms with van der Waals surface area (Å²) in [4.78, 5) is 12.1. The van der Waals surface area contributed by atoms with Gasteiger partial charge in [0.1, 0.15) is 5.82 Å². The molecule has 0 saturated heterocycles. The van der Waals surface area contributed by atoms with Gasteiger partial charge >= 0.3 is 0 Å². The van der Waals surface area contributed by atoms with E-state index in [-0.39, 0.29) is 10.8 Å². The molecule has 1 N–H and O–H groups in total. The number of benzene rings is 1. The fraction of sp³-hybridized carbons (Fsp3) is 0.182. The van der Waals surface area contributed by atoms with Crippen LogP contribution in [0.5, 0.6) is 0 Å². The molecule has 86 valence electrons. The summed E-state index contributed by atoms with van der Waals surface area (Å²) in [5, 5.41) is 0.992. The molecule has 0 spiro atoms. The van der Waals surface area contributed by atoms with Crippen LogP contribution >= 0.6 is 11.6 Å². The first-order chi connectivity index (χ1) is 7.69. The smallest absolute Gasteiger partial charge is 0.293 e. The van der Waals surface area contributed by atoms with Gasteiger partial charge in [-0.2, -0.15) is 0 Å². The van der Waals surface area contributed by atoms with Crippen molar-refractivity contribution in [2.45, 2.75) is 6.92 Å². The van der Waals surface area contributed by atoms with Gasteiger partial charge in [-0.05, 0) is 25.1 Å². The third-order valence-corrected chi connectivity index (χ3v) is 2.12. The Morgan fingerprint density at radius 3 is 2.88 bits per heavy atom. The Balaban J connectivity index is 0.000000221. The highest BCUT2D eigenvalue weighted by Gasteiger charge is 2.01. The van der Waals surface area contributed by atoms with Crippen LogP contribution in [0.1, 0.15) is 6.92 Å². The standard InChI is InChI=1S/C8H5ClFN.C3H6O2/c9-6-4-8-5(1-2-11-8)3-7(6)10;1-2-5-3-4/h1-4,11H;3H,2H2,1H3. The van der Waals surface area contributed by atoms with Crippen molar-refractivity contribution in [3.63, 3.8) is 0 Å². The molecule has 2 aromatic rings. The first-order valence-electron chi connectivity index (χ1n) is 4.66. The lowest BCUT2D eigenvalue weighted by Gasteiger charge is -1.93. The molecule has 2 rings (SSSR count). The van der Waals surface area contributed by atoms with E-state index in [0.29, 0.717) is 13.1 Å². The van der Waals surface area contributed by atoms with Crippen LogP contribution in [0, 0.1) is 5.82 Å². The number of rotatable bonds is 2. The monoisotopic (exact) mass is 243 g/mol. The molecule has 0 amide bonds. The number of carbonyl (C=O) groups excluding carboxylic acids is 1. The molecule has 0 radical (unpaired) electrons. The number of halogens is 2. The lowest BCUT2D eigenvalue weighted by Crippen LogP contribution is -1.80. The van der Waals surface area contributed by atoms with Crippen LogP contribution in [0.3, 0.4) is 0 Å². The van der Waals surface area contributed by atoms with E-state index in [1.165, 1.54) is 6.07 Å². The second-order valence-electron chi connectivity index (χ2n) is 2.88. The number of fused-ring (bicyclic) bond motifs is 1. The molecule has 0 fully saturated rings. The topological polar surface area (TPSA) is 42.1 Å². The van der Waals surface area contributed by atoms with Crippen LogP contribution in [0.4, 0.5) is 4.39 Å². The first-order valence-corrected chi connectivity index (χ1v) is 5.04. The van der Waals surface area contributed by atoms with E-state index in [2.05, 4.69) is 9.72 Å².